The Labute approximate surface area is 94.7 Å². The Morgan fingerprint density at radius 3 is 2.88 bits per heavy atom. The third kappa shape index (κ3) is 1.98. The first-order chi connectivity index (χ1) is 7.72. The topological polar surface area (TPSA) is 69.6 Å². The molecule has 0 aromatic carbocycles. The first-order valence-electron chi connectivity index (χ1n) is 5.65. The lowest BCUT2D eigenvalue weighted by Crippen LogP contribution is -2.02. The Kier molecular flexibility index (Phi) is 3.03. The van der Waals surface area contributed by atoms with Gasteiger partial charge in [-0.05, 0) is 6.42 Å². The largest absolute Gasteiger partial charge is 0.382 e. The SMILES string of the molecule is CCCCCc1nc(N)c2ncn(C)c2n1. The van der Waals surface area contributed by atoms with Crippen LogP contribution < -0.4 is 5.73 Å². The van der Waals surface area contributed by atoms with E-state index in [0.29, 0.717) is 11.3 Å². The normalized spacial score (nSPS) is 11.1. The first kappa shape index (κ1) is 10.9. The van der Waals surface area contributed by atoms with Crippen LogP contribution in [0.5, 0.6) is 0 Å². The quantitative estimate of drug-likeness (QED) is 0.794. The van der Waals surface area contributed by atoms with Crippen molar-refractivity contribution in [1.82, 2.24) is 19.5 Å². The number of aromatic nitrogens is 4. The third-order valence-electron chi connectivity index (χ3n) is 2.64. The maximum absolute atomic E-state index is 5.85. The van der Waals surface area contributed by atoms with Gasteiger partial charge in [0.15, 0.2) is 11.5 Å². The van der Waals surface area contributed by atoms with Gasteiger partial charge in [0.05, 0.1) is 6.33 Å². The van der Waals surface area contributed by atoms with Gasteiger partial charge in [0, 0.05) is 13.5 Å². The number of imidazole rings is 1. The molecule has 0 saturated heterocycles. The van der Waals surface area contributed by atoms with E-state index in [4.69, 9.17) is 5.73 Å². The molecule has 2 aromatic heterocycles. The van der Waals surface area contributed by atoms with E-state index in [1.165, 1.54) is 12.8 Å². The first-order valence-corrected chi connectivity index (χ1v) is 5.65. The second-order valence-electron chi connectivity index (χ2n) is 4.01. The van der Waals surface area contributed by atoms with Crippen LogP contribution in [0.1, 0.15) is 32.0 Å². The van der Waals surface area contributed by atoms with Crippen LogP contribution in [-0.2, 0) is 13.5 Å². The molecule has 2 heterocycles. The number of aryl methyl sites for hydroxylation is 2. The molecule has 16 heavy (non-hydrogen) atoms. The lowest BCUT2D eigenvalue weighted by atomic mass is 10.2. The van der Waals surface area contributed by atoms with Gasteiger partial charge in [0.2, 0.25) is 0 Å². The minimum atomic E-state index is 0.483. The maximum atomic E-state index is 5.85. The number of rotatable bonds is 4. The number of unbranched alkanes of at least 4 members (excludes halogenated alkanes) is 2. The molecule has 0 bridgehead atoms. The molecule has 2 rings (SSSR count). The zero-order chi connectivity index (χ0) is 11.5. The van der Waals surface area contributed by atoms with Crippen molar-refractivity contribution in [2.45, 2.75) is 32.6 Å². The molecule has 0 radical (unpaired) electrons. The molecule has 0 aliphatic heterocycles. The molecule has 2 aromatic rings. The van der Waals surface area contributed by atoms with E-state index in [9.17, 15) is 0 Å². The van der Waals surface area contributed by atoms with Gasteiger partial charge >= 0.3 is 0 Å². The van der Waals surface area contributed by atoms with Gasteiger partial charge in [-0.2, -0.15) is 0 Å². The molecule has 5 nitrogen and oxygen atoms in total. The fourth-order valence-electron chi connectivity index (χ4n) is 1.72. The van der Waals surface area contributed by atoms with Gasteiger partial charge < -0.3 is 10.3 Å². The van der Waals surface area contributed by atoms with E-state index in [0.717, 1.165) is 24.3 Å². The van der Waals surface area contributed by atoms with Gasteiger partial charge in [-0.3, -0.25) is 0 Å². The number of nitrogen functional groups attached to an aromatic ring is 1. The van der Waals surface area contributed by atoms with Crippen LogP contribution >= 0.6 is 0 Å². The predicted molar refractivity (Wildman–Crippen MR) is 63.9 cm³/mol. The summed E-state index contributed by atoms with van der Waals surface area (Å²) in [6.45, 7) is 2.18. The van der Waals surface area contributed by atoms with Crippen molar-refractivity contribution in [3.05, 3.63) is 12.2 Å². The number of anilines is 1. The molecular formula is C11H17N5. The van der Waals surface area contributed by atoms with Gasteiger partial charge in [0.1, 0.15) is 11.3 Å². The summed E-state index contributed by atoms with van der Waals surface area (Å²) in [5.74, 6) is 1.30. The van der Waals surface area contributed by atoms with Gasteiger partial charge in [0.25, 0.3) is 0 Å². The van der Waals surface area contributed by atoms with Crippen molar-refractivity contribution in [3.63, 3.8) is 0 Å². The molecule has 0 atom stereocenters. The molecule has 2 N–H and O–H groups in total. The average Bonchev–Trinajstić information content (AvgIpc) is 2.62. The minimum absolute atomic E-state index is 0.483. The van der Waals surface area contributed by atoms with E-state index < -0.39 is 0 Å². The van der Waals surface area contributed by atoms with E-state index in [2.05, 4.69) is 21.9 Å². The lowest BCUT2D eigenvalue weighted by Gasteiger charge is -2.02. The summed E-state index contributed by atoms with van der Waals surface area (Å²) in [6, 6.07) is 0. The highest BCUT2D eigenvalue weighted by molar-refractivity contribution is 5.81. The van der Waals surface area contributed by atoms with Crippen molar-refractivity contribution >= 4 is 17.0 Å². The van der Waals surface area contributed by atoms with Crippen molar-refractivity contribution in [3.8, 4) is 0 Å². The van der Waals surface area contributed by atoms with Crippen LogP contribution in [0.3, 0.4) is 0 Å². The summed E-state index contributed by atoms with van der Waals surface area (Å²) in [5, 5.41) is 0. The maximum Gasteiger partial charge on any atom is 0.165 e. The second-order valence-corrected chi connectivity index (χ2v) is 4.01. The summed E-state index contributed by atoms with van der Waals surface area (Å²) >= 11 is 0. The molecular weight excluding hydrogens is 202 g/mol. The number of hydrogen-bond donors (Lipinski definition) is 1. The molecule has 0 aliphatic rings. The van der Waals surface area contributed by atoms with Crippen molar-refractivity contribution < 1.29 is 0 Å². The fourth-order valence-corrected chi connectivity index (χ4v) is 1.72. The van der Waals surface area contributed by atoms with Crippen molar-refractivity contribution in [2.24, 2.45) is 7.05 Å². The Hall–Kier alpha value is -1.65. The Balaban J connectivity index is 2.29. The zero-order valence-electron chi connectivity index (χ0n) is 9.77. The molecule has 0 saturated carbocycles. The zero-order valence-corrected chi connectivity index (χ0v) is 9.77. The number of nitrogens with two attached hydrogens (primary N) is 1. The molecule has 0 amide bonds. The number of fused-ring (bicyclic) bond motifs is 1. The molecule has 0 spiro atoms. The second kappa shape index (κ2) is 4.47. The Bertz CT molecular complexity index is 488. The highest BCUT2D eigenvalue weighted by atomic mass is 15.1. The Morgan fingerprint density at radius 2 is 2.12 bits per heavy atom. The van der Waals surface area contributed by atoms with Crippen LogP contribution in [0.15, 0.2) is 6.33 Å². The molecule has 0 aliphatic carbocycles. The summed E-state index contributed by atoms with van der Waals surface area (Å²) in [4.78, 5) is 12.9. The van der Waals surface area contributed by atoms with Crippen molar-refractivity contribution in [1.29, 1.82) is 0 Å². The summed E-state index contributed by atoms with van der Waals surface area (Å²) in [6.07, 6.45) is 6.11. The van der Waals surface area contributed by atoms with Crippen LogP contribution in [0, 0.1) is 0 Å². The van der Waals surface area contributed by atoms with Crippen LogP contribution in [0.4, 0.5) is 5.82 Å². The van der Waals surface area contributed by atoms with Crippen LogP contribution in [0.2, 0.25) is 0 Å². The summed E-state index contributed by atoms with van der Waals surface area (Å²) < 4.78 is 1.87. The summed E-state index contributed by atoms with van der Waals surface area (Å²) in [5.41, 5.74) is 7.36. The highest BCUT2D eigenvalue weighted by Crippen LogP contribution is 2.15. The van der Waals surface area contributed by atoms with E-state index in [1.807, 2.05) is 11.6 Å². The number of hydrogen-bond acceptors (Lipinski definition) is 4. The van der Waals surface area contributed by atoms with Gasteiger partial charge in [-0.1, -0.05) is 19.8 Å². The highest BCUT2D eigenvalue weighted by Gasteiger charge is 2.08. The third-order valence-corrected chi connectivity index (χ3v) is 2.64. The van der Waals surface area contributed by atoms with Crippen LogP contribution in [-0.4, -0.2) is 19.5 Å². The predicted octanol–water partition coefficient (Wildman–Crippen LogP) is 1.68. The standard InChI is InChI=1S/C11H17N5/c1-3-4-5-6-8-14-10(12)9-11(15-8)16(2)7-13-9/h7H,3-6H2,1-2H3,(H2,12,14,15). The van der Waals surface area contributed by atoms with Gasteiger partial charge in [-0.15, -0.1) is 0 Å². The fraction of sp³-hybridized carbons (Fsp3) is 0.545. The average molecular weight is 219 g/mol. The van der Waals surface area contributed by atoms with Crippen LogP contribution in [0.25, 0.3) is 11.2 Å². The van der Waals surface area contributed by atoms with Gasteiger partial charge in [-0.25, -0.2) is 15.0 Å². The number of nitrogens with zero attached hydrogens (tertiary/aromatic N) is 4. The summed E-state index contributed by atoms with van der Waals surface area (Å²) in [7, 11) is 1.91. The molecule has 5 heteroatoms. The van der Waals surface area contributed by atoms with E-state index >= 15 is 0 Å². The molecule has 0 fully saturated rings. The monoisotopic (exact) mass is 219 g/mol. The Morgan fingerprint density at radius 1 is 1.31 bits per heavy atom. The lowest BCUT2D eigenvalue weighted by molar-refractivity contribution is 0.695. The minimum Gasteiger partial charge on any atom is -0.382 e. The van der Waals surface area contributed by atoms with Crippen molar-refractivity contribution in [2.75, 3.05) is 5.73 Å². The van der Waals surface area contributed by atoms with E-state index in [-0.39, 0.29) is 0 Å². The molecule has 0 unspecified atom stereocenters. The molecule has 86 valence electrons. The van der Waals surface area contributed by atoms with E-state index in [1.54, 1.807) is 6.33 Å². The smallest absolute Gasteiger partial charge is 0.165 e.